The minimum absolute atomic E-state index is 0.338. The SMILES string of the molecule is C[C@H]1[C@H]2CN[C@]1(C(=O)O)C2. The number of nitrogens with one attached hydrogen (secondary N) is 1. The van der Waals surface area contributed by atoms with Crippen LogP contribution in [0.4, 0.5) is 0 Å². The predicted octanol–water partition coefficient (Wildman–Crippen LogP) is 0.0690. The molecule has 3 nitrogen and oxygen atoms in total. The lowest BCUT2D eigenvalue weighted by Gasteiger charge is -2.40. The van der Waals surface area contributed by atoms with Crippen LogP contribution in [0.1, 0.15) is 13.3 Å². The lowest BCUT2D eigenvalue weighted by atomic mass is 9.64. The molecule has 2 heterocycles. The molecule has 2 N–H and O–H groups in total. The number of carboxylic acid groups (broad SMARTS) is 1. The smallest absolute Gasteiger partial charge is 0.324 e. The van der Waals surface area contributed by atoms with Crippen LogP contribution in [0.15, 0.2) is 0 Å². The maximum absolute atomic E-state index is 10.7. The third-order valence-electron chi connectivity index (χ3n) is 3.13. The Bertz CT molecular complexity index is 188. The van der Waals surface area contributed by atoms with Gasteiger partial charge in [0, 0.05) is 0 Å². The van der Waals surface area contributed by atoms with E-state index < -0.39 is 11.5 Å². The summed E-state index contributed by atoms with van der Waals surface area (Å²) in [5.74, 6) is 0.287. The standard InChI is InChI=1S/C7H11NO2/c1-4-5-2-7(4,6(9)10)8-3-5/h4-5,8H,2-3H2,1H3,(H,9,10)/t4-,5+,7+/m0/s1. The van der Waals surface area contributed by atoms with Crippen molar-refractivity contribution in [3.63, 3.8) is 0 Å². The number of fused-ring (bicyclic) bond motifs is 1. The van der Waals surface area contributed by atoms with Gasteiger partial charge in [-0.15, -0.1) is 0 Å². The highest BCUT2D eigenvalue weighted by molar-refractivity contribution is 5.81. The first-order chi connectivity index (χ1) is 4.67. The molecule has 3 rings (SSSR count). The maximum Gasteiger partial charge on any atom is 0.324 e. The summed E-state index contributed by atoms with van der Waals surface area (Å²) >= 11 is 0. The van der Waals surface area contributed by atoms with Crippen LogP contribution in [0, 0.1) is 11.8 Å². The molecule has 0 amide bonds. The molecule has 3 fully saturated rings. The molecule has 0 spiro atoms. The molecule has 0 aromatic carbocycles. The first kappa shape index (κ1) is 6.16. The van der Waals surface area contributed by atoms with Crippen molar-refractivity contribution in [2.24, 2.45) is 11.8 Å². The van der Waals surface area contributed by atoms with Crippen LogP contribution in [-0.2, 0) is 4.79 Å². The molecule has 0 aromatic heterocycles. The molecule has 3 atom stereocenters. The van der Waals surface area contributed by atoms with Gasteiger partial charge >= 0.3 is 5.97 Å². The topological polar surface area (TPSA) is 49.3 Å². The van der Waals surface area contributed by atoms with Gasteiger partial charge in [0.25, 0.3) is 0 Å². The Morgan fingerprint density at radius 1 is 1.80 bits per heavy atom. The normalized spacial score (nSPS) is 50.5. The Balaban J connectivity index is 2.25. The Labute approximate surface area is 59.4 Å². The van der Waals surface area contributed by atoms with E-state index >= 15 is 0 Å². The molecule has 3 aliphatic rings. The van der Waals surface area contributed by atoms with Gasteiger partial charge in [-0.3, -0.25) is 4.79 Å². The van der Waals surface area contributed by atoms with Gasteiger partial charge in [0.05, 0.1) is 0 Å². The van der Waals surface area contributed by atoms with Gasteiger partial charge in [-0.25, -0.2) is 0 Å². The Morgan fingerprint density at radius 3 is 2.70 bits per heavy atom. The highest BCUT2D eigenvalue weighted by Gasteiger charge is 2.61. The molecular formula is C7H11NO2. The fourth-order valence-electron chi connectivity index (χ4n) is 2.17. The van der Waals surface area contributed by atoms with Crippen molar-refractivity contribution >= 4 is 5.97 Å². The van der Waals surface area contributed by atoms with Crippen molar-refractivity contribution in [1.29, 1.82) is 0 Å². The molecule has 0 radical (unpaired) electrons. The number of rotatable bonds is 1. The summed E-state index contributed by atoms with van der Waals surface area (Å²) in [5.41, 5.74) is -0.537. The van der Waals surface area contributed by atoms with E-state index in [4.69, 9.17) is 5.11 Å². The lowest BCUT2D eigenvalue weighted by Crippen LogP contribution is -2.57. The number of hydrogen-bond donors (Lipinski definition) is 2. The zero-order chi connectivity index (χ0) is 7.35. The monoisotopic (exact) mass is 141 g/mol. The fourth-order valence-corrected chi connectivity index (χ4v) is 2.17. The molecule has 2 aliphatic heterocycles. The summed E-state index contributed by atoms with van der Waals surface area (Å²) in [5, 5.41) is 11.9. The zero-order valence-electron chi connectivity index (χ0n) is 5.92. The Morgan fingerprint density at radius 2 is 2.50 bits per heavy atom. The summed E-state index contributed by atoms with van der Waals surface area (Å²) in [6.45, 7) is 2.91. The maximum atomic E-state index is 10.7. The molecule has 1 saturated carbocycles. The van der Waals surface area contributed by atoms with Crippen LogP contribution in [0.5, 0.6) is 0 Å². The number of carboxylic acids is 1. The van der Waals surface area contributed by atoms with Crippen LogP contribution in [0.3, 0.4) is 0 Å². The van der Waals surface area contributed by atoms with E-state index in [0.29, 0.717) is 11.8 Å². The number of aliphatic carboxylic acids is 1. The lowest BCUT2D eigenvalue weighted by molar-refractivity contribution is -0.150. The third kappa shape index (κ3) is 0.440. The summed E-state index contributed by atoms with van der Waals surface area (Å²) in [4.78, 5) is 10.7. The highest BCUT2D eigenvalue weighted by Crippen LogP contribution is 2.48. The molecule has 10 heavy (non-hydrogen) atoms. The summed E-state index contributed by atoms with van der Waals surface area (Å²) < 4.78 is 0. The van der Waals surface area contributed by atoms with E-state index in [-0.39, 0.29) is 0 Å². The van der Waals surface area contributed by atoms with Gasteiger partial charge in [-0.05, 0) is 24.8 Å². The molecule has 2 bridgehead atoms. The second-order valence-electron chi connectivity index (χ2n) is 3.41. The van der Waals surface area contributed by atoms with E-state index in [0.717, 1.165) is 13.0 Å². The van der Waals surface area contributed by atoms with Gasteiger partial charge in [0.15, 0.2) is 0 Å². The Kier molecular flexibility index (Phi) is 0.944. The first-order valence-electron chi connectivity index (χ1n) is 3.65. The summed E-state index contributed by atoms with van der Waals surface area (Å²) in [6, 6.07) is 0. The van der Waals surface area contributed by atoms with Gasteiger partial charge in [0.1, 0.15) is 5.54 Å². The second-order valence-corrected chi connectivity index (χ2v) is 3.41. The van der Waals surface area contributed by atoms with Crippen LogP contribution < -0.4 is 5.32 Å². The molecule has 0 unspecified atom stereocenters. The average molecular weight is 141 g/mol. The van der Waals surface area contributed by atoms with Crippen LogP contribution in [0.25, 0.3) is 0 Å². The van der Waals surface area contributed by atoms with Crippen molar-refractivity contribution < 1.29 is 9.90 Å². The van der Waals surface area contributed by atoms with E-state index in [2.05, 4.69) is 5.32 Å². The van der Waals surface area contributed by atoms with Gasteiger partial charge in [-0.2, -0.15) is 0 Å². The van der Waals surface area contributed by atoms with E-state index in [9.17, 15) is 4.79 Å². The van der Waals surface area contributed by atoms with Gasteiger partial charge in [-0.1, -0.05) is 6.92 Å². The number of hydrogen-bond acceptors (Lipinski definition) is 2. The van der Waals surface area contributed by atoms with Crippen molar-refractivity contribution in [3.05, 3.63) is 0 Å². The minimum Gasteiger partial charge on any atom is -0.480 e. The summed E-state index contributed by atoms with van der Waals surface area (Å²) in [7, 11) is 0. The minimum atomic E-state index is -0.672. The largest absolute Gasteiger partial charge is 0.480 e. The molecule has 1 aliphatic carbocycles. The van der Waals surface area contributed by atoms with E-state index in [1.165, 1.54) is 0 Å². The van der Waals surface area contributed by atoms with Gasteiger partial charge in [0.2, 0.25) is 0 Å². The third-order valence-corrected chi connectivity index (χ3v) is 3.13. The van der Waals surface area contributed by atoms with Crippen molar-refractivity contribution in [1.82, 2.24) is 5.32 Å². The number of carbonyl (C=O) groups is 1. The average Bonchev–Trinajstić information content (AvgIpc) is 2.41. The molecule has 0 aromatic rings. The Hall–Kier alpha value is -0.570. The molecular weight excluding hydrogens is 130 g/mol. The van der Waals surface area contributed by atoms with Crippen LogP contribution in [0.2, 0.25) is 0 Å². The zero-order valence-corrected chi connectivity index (χ0v) is 5.92. The molecule has 56 valence electrons. The molecule has 2 saturated heterocycles. The van der Waals surface area contributed by atoms with Crippen LogP contribution in [-0.4, -0.2) is 23.2 Å². The van der Waals surface area contributed by atoms with Crippen molar-refractivity contribution in [3.8, 4) is 0 Å². The van der Waals surface area contributed by atoms with E-state index in [1.807, 2.05) is 6.92 Å². The first-order valence-corrected chi connectivity index (χ1v) is 3.65. The fraction of sp³-hybridized carbons (Fsp3) is 0.857. The van der Waals surface area contributed by atoms with E-state index in [1.54, 1.807) is 0 Å². The van der Waals surface area contributed by atoms with Crippen LogP contribution >= 0.6 is 0 Å². The van der Waals surface area contributed by atoms with Crippen molar-refractivity contribution in [2.75, 3.05) is 6.54 Å². The highest BCUT2D eigenvalue weighted by atomic mass is 16.4. The second kappa shape index (κ2) is 1.53. The van der Waals surface area contributed by atoms with Crippen molar-refractivity contribution in [2.45, 2.75) is 18.9 Å². The predicted molar refractivity (Wildman–Crippen MR) is 35.6 cm³/mol. The molecule has 3 heteroatoms. The summed E-state index contributed by atoms with van der Waals surface area (Å²) in [6.07, 6.45) is 0.837. The van der Waals surface area contributed by atoms with Gasteiger partial charge < -0.3 is 10.4 Å². The quantitative estimate of drug-likeness (QED) is 0.543.